The van der Waals surface area contributed by atoms with Gasteiger partial charge in [0, 0.05) is 23.2 Å². The Morgan fingerprint density at radius 3 is 2.57 bits per heavy atom. The maximum absolute atomic E-state index is 13.9. The molecule has 0 heterocycles. The molecule has 0 aromatic carbocycles. The first-order valence-electron chi connectivity index (χ1n) is 13.1. The number of carbonyl (C=O) groups is 4. The van der Waals surface area contributed by atoms with Gasteiger partial charge in [0.05, 0.1) is 18.1 Å². The molecule has 8 atom stereocenters. The fraction of sp³-hybridized carbons (Fsp3) is 0.714. The van der Waals surface area contributed by atoms with Crippen molar-refractivity contribution in [2.24, 2.45) is 28.6 Å². The number of Topliss-reactive ketones (excluding diaryl/α,β-unsaturated/α-hetero) is 1. The molecule has 0 spiro atoms. The number of carbonyl (C=O) groups excluding carboxylic acids is 4. The van der Waals surface area contributed by atoms with Gasteiger partial charge in [0.1, 0.15) is 0 Å². The molecule has 0 saturated heterocycles. The molecule has 37 heavy (non-hydrogen) atoms. The number of aliphatic hydroxyl groups excluding tert-OH is 1. The quantitative estimate of drug-likeness (QED) is 0.394. The lowest BCUT2D eigenvalue weighted by molar-refractivity contribution is -0.187. The van der Waals surface area contributed by atoms with Gasteiger partial charge in [-0.1, -0.05) is 39.3 Å². The van der Waals surface area contributed by atoms with Crippen LogP contribution in [0.15, 0.2) is 23.8 Å². The number of hydrogen-bond donors (Lipinski definition) is 1. The van der Waals surface area contributed by atoms with E-state index >= 15 is 0 Å². The lowest BCUT2D eigenvalue weighted by Gasteiger charge is -2.64. The molecule has 1 unspecified atom stereocenters. The van der Waals surface area contributed by atoms with Crippen LogP contribution < -0.4 is 0 Å². The van der Waals surface area contributed by atoms with Crippen LogP contribution >= 0.6 is 11.6 Å². The van der Waals surface area contributed by atoms with Crippen molar-refractivity contribution in [1.29, 1.82) is 0 Å². The third kappa shape index (κ3) is 3.81. The van der Waals surface area contributed by atoms with E-state index in [4.69, 9.17) is 25.8 Å². The molecule has 3 saturated carbocycles. The zero-order valence-corrected chi connectivity index (χ0v) is 22.9. The second-order valence-electron chi connectivity index (χ2n) is 11.5. The summed E-state index contributed by atoms with van der Waals surface area (Å²) >= 11 is 7.47. The van der Waals surface area contributed by atoms with E-state index in [9.17, 15) is 24.3 Å². The second kappa shape index (κ2) is 9.53. The summed E-state index contributed by atoms with van der Waals surface area (Å²) in [4.78, 5) is 49.5. The SMILES string of the molecule is CCCC(=O)OCC(=O)[C@@]1(OC(=O)OC)[C@H](C)C[C@H]2[C@@H]3CCC4=CC(=O)C=C[C@]4(C)[C@@]3(Cl)C(O)C[C@@]21C. The topological polar surface area (TPSA) is 116 Å². The number of rotatable bonds is 6. The fourth-order valence-electron chi connectivity index (χ4n) is 8.10. The first-order valence-corrected chi connectivity index (χ1v) is 13.5. The van der Waals surface area contributed by atoms with Crippen molar-refractivity contribution in [3.8, 4) is 0 Å². The number of allylic oxidation sites excluding steroid dienone is 4. The molecule has 0 aromatic rings. The second-order valence-corrected chi connectivity index (χ2v) is 12.2. The summed E-state index contributed by atoms with van der Waals surface area (Å²) in [6, 6.07) is 0. The highest BCUT2D eigenvalue weighted by atomic mass is 35.5. The molecule has 3 fully saturated rings. The molecule has 204 valence electrons. The molecule has 0 aromatic heterocycles. The number of halogens is 1. The standard InChI is InChI=1S/C28H37ClO8/c1-6-7-23(33)36-15-22(32)28(37-24(34)35-5)16(2)12-20-19-9-8-17-13-18(30)10-11-25(17,3)27(19,29)21(31)14-26(20,28)4/h10-11,13,16,19-21,31H,6-9,12,14-15H2,1-5H3/t16-,19+,20+,21?,25+,26+,27+,28+/m1/s1. The number of esters is 1. The van der Waals surface area contributed by atoms with Crippen LogP contribution in [0.5, 0.6) is 0 Å². The van der Waals surface area contributed by atoms with Crippen molar-refractivity contribution in [3.05, 3.63) is 23.8 Å². The van der Waals surface area contributed by atoms with Gasteiger partial charge in [-0.25, -0.2) is 4.79 Å². The van der Waals surface area contributed by atoms with E-state index in [1.807, 2.05) is 33.8 Å². The van der Waals surface area contributed by atoms with Crippen LogP contribution in [-0.2, 0) is 28.6 Å². The number of methoxy groups -OCH3 is 1. The van der Waals surface area contributed by atoms with Gasteiger partial charge in [0.2, 0.25) is 5.78 Å². The summed E-state index contributed by atoms with van der Waals surface area (Å²) in [5, 5.41) is 11.8. The Morgan fingerprint density at radius 2 is 1.92 bits per heavy atom. The van der Waals surface area contributed by atoms with Crippen LogP contribution in [0.25, 0.3) is 0 Å². The summed E-state index contributed by atoms with van der Waals surface area (Å²) < 4.78 is 15.9. The van der Waals surface area contributed by atoms with Gasteiger partial charge in [-0.15, -0.1) is 11.6 Å². The van der Waals surface area contributed by atoms with Crippen LogP contribution in [0.2, 0.25) is 0 Å². The maximum atomic E-state index is 13.9. The third-order valence-corrected chi connectivity index (χ3v) is 10.7. The van der Waals surface area contributed by atoms with Crippen molar-refractivity contribution >= 4 is 35.3 Å². The van der Waals surface area contributed by atoms with Crippen molar-refractivity contribution in [3.63, 3.8) is 0 Å². The molecule has 4 aliphatic carbocycles. The van der Waals surface area contributed by atoms with E-state index in [1.54, 1.807) is 6.08 Å². The minimum Gasteiger partial charge on any atom is -0.457 e. The highest BCUT2D eigenvalue weighted by Crippen LogP contribution is 2.72. The summed E-state index contributed by atoms with van der Waals surface area (Å²) in [7, 11) is 1.17. The first-order chi connectivity index (χ1) is 17.3. The smallest absolute Gasteiger partial charge is 0.457 e. The van der Waals surface area contributed by atoms with Crippen LogP contribution in [-0.4, -0.2) is 59.1 Å². The van der Waals surface area contributed by atoms with Crippen LogP contribution in [0.1, 0.15) is 66.2 Å². The van der Waals surface area contributed by atoms with E-state index in [0.717, 1.165) is 5.57 Å². The van der Waals surface area contributed by atoms with Crippen molar-refractivity contribution < 1.29 is 38.5 Å². The van der Waals surface area contributed by atoms with Gasteiger partial charge in [0.15, 0.2) is 18.0 Å². The Bertz CT molecular complexity index is 1070. The van der Waals surface area contributed by atoms with Crippen LogP contribution in [0, 0.1) is 28.6 Å². The van der Waals surface area contributed by atoms with Crippen molar-refractivity contribution in [2.75, 3.05) is 13.7 Å². The predicted molar refractivity (Wildman–Crippen MR) is 135 cm³/mol. The summed E-state index contributed by atoms with van der Waals surface area (Å²) in [5.41, 5.74) is -2.52. The highest BCUT2D eigenvalue weighted by molar-refractivity contribution is 6.26. The Hall–Kier alpha value is -2.19. The van der Waals surface area contributed by atoms with Crippen LogP contribution in [0.3, 0.4) is 0 Å². The van der Waals surface area contributed by atoms with E-state index < -0.39 is 57.8 Å². The molecular formula is C28H37ClO8. The van der Waals surface area contributed by atoms with Gasteiger partial charge >= 0.3 is 12.1 Å². The summed E-state index contributed by atoms with van der Waals surface area (Å²) in [5.74, 6) is -1.99. The molecule has 0 amide bonds. The monoisotopic (exact) mass is 536 g/mol. The molecule has 0 bridgehead atoms. The van der Waals surface area contributed by atoms with E-state index in [-0.39, 0.29) is 30.5 Å². The Morgan fingerprint density at radius 1 is 1.22 bits per heavy atom. The van der Waals surface area contributed by atoms with Gasteiger partial charge < -0.3 is 19.3 Å². The Labute approximate surface area is 222 Å². The van der Waals surface area contributed by atoms with Crippen LogP contribution in [0.4, 0.5) is 4.79 Å². The number of hydrogen-bond acceptors (Lipinski definition) is 8. The van der Waals surface area contributed by atoms with Gasteiger partial charge in [-0.2, -0.15) is 0 Å². The number of fused-ring (bicyclic) bond motifs is 5. The van der Waals surface area contributed by atoms with E-state index in [0.29, 0.717) is 25.7 Å². The summed E-state index contributed by atoms with van der Waals surface area (Å²) in [6.07, 6.45) is 5.46. The van der Waals surface area contributed by atoms with Gasteiger partial charge in [-0.3, -0.25) is 14.4 Å². The Kier molecular flexibility index (Phi) is 7.17. The van der Waals surface area contributed by atoms with Gasteiger partial charge in [0.25, 0.3) is 0 Å². The lowest BCUT2D eigenvalue weighted by Crippen LogP contribution is -2.69. The molecule has 1 N–H and O–H groups in total. The molecule has 0 aliphatic heterocycles. The normalized spacial score (nSPS) is 42.1. The van der Waals surface area contributed by atoms with E-state index in [2.05, 4.69) is 0 Å². The van der Waals surface area contributed by atoms with Crippen molar-refractivity contribution in [2.45, 2.75) is 82.8 Å². The molecule has 4 rings (SSSR count). The fourth-order valence-corrected chi connectivity index (χ4v) is 8.62. The predicted octanol–water partition coefficient (Wildman–Crippen LogP) is 4.31. The number of aliphatic hydroxyl groups is 1. The molecule has 8 nitrogen and oxygen atoms in total. The lowest BCUT2D eigenvalue weighted by atomic mass is 9.45. The maximum Gasteiger partial charge on any atom is 0.509 e. The summed E-state index contributed by atoms with van der Waals surface area (Å²) in [6.45, 7) is 6.96. The highest BCUT2D eigenvalue weighted by Gasteiger charge is 2.76. The molecule has 0 radical (unpaired) electrons. The third-order valence-electron chi connectivity index (χ3n) is 9.82. The van der Waals surface area contributed by atoms with E-state index in [1.165, 1.54) is 13.2 Å². The average Bonchev–Trinajstić information content (AvgIpc) is 3.06. The minimum atomic E-state index is -1.67. The number of ether oxygens (including phenoxy) is 3. The Balaban J connectivity index is 1.77. The molecule has 4 aliphatic rings. The molecular weight excluding hydrogens is 500 g/mol. The average molecular weight is 537 g/mol. The zero-order chi connectivity index (χ0) is 27.4. The zero-order valence-electron chi connectivity index (χ0n) is 22.2. The first kappa shape index (κ1) is 27.8. The minimum absolute atomic E-state index is 0.0817. The largest absolute Gasteiger partial charge is 0.509 e. The molecule has 9 heteroatoms. The number of alkyl halides is 1. The number of ketones is 2. The van der Waals surface area contributed by atoms with Gasteiger partial charge in [-0.05, 0) is 56.1 Å². The van der Waals surface area contributed by atoms with Crippen molar-refractivity contribution in [1.82, 2.24) is 0 Å².